The maximum absolute atomic E-state index is 12.1. The van der Waals surface area contributed by atoms with Gasteiger partial charge >= 0.3 is 0 Å². The number of carbonyl (C=O) groups excluding carboxylic acids is 1. The van der Waals surface area contributed by atoms with Crippen LogP contribution in [0.15, 0.2) is 29.6 Å². The molecule has 5 heteroatoms. The number of carbonyl (C=O) groups is 1. The standard InChI is InChI=1S/C17H22N2O2S/c1-4-14(5-2)19-17(20)13-6-8-16(9-7-13)21-10-15-11-22-12(3)18-15/h6-9,11,14H,4-5,10H2,1-3H3,(H,19,20). The summed E-state index contributed by atoms with van der Waals surface area (Å²) in [5, 5.41) is 6.05. The molecule has 0 bridgehead atoms. The lowest BCUT2D eigenvalue weighted by atomic mass is 10.1. The summed E-state index contributed by atoms with van der Waals surface area (Å²) < 4.78 is 5.68. The zero-order chi connectivity index (χ0) is 15.9. The van der Waals surface area contributed by atoms with Crippen molar-refractivity contribution in [1.29, 1.82) is 0 Å². The third kappa shape index (κ3) is 4.56. The van der Waals surface area contributed by atoms with E-state index in [1.54, 1.807) is 23.5 Å². The first-order chi connectivity index (χ1) is 10.6. The van der Waals surface area contributed by atoms with Gasteiger partial charge in [0.15, 0.2) is 0 Å². The molecule has 0 spiro atoms. The van der Waals surface area contributed by atoms with Gasteiger partial charge in [0.1, 0.15) is 12.4 Å². The number of aromatic nitrogens is 1. The van der Waals surface area contributed by atoms with Gasteiger partial charge in [0.05, 0.1) is 10.7 Å². The lowest BCUT2D eigenvalue weighted by Gasteiger charge is -2.14. The Balaban J connectivity index is 1.90. The highest BCUT2D eigenvalue weighted by Crippen LogP contribution is 2.15. The van der Waals surface area contributed by atoms with E-state index in [-0.39, 0.29) is 11.9 Å². The quantitative estimate of drug-likeness (QED) is 0.841. The molecule has 2 aromatic rings. The van der Waals surface area contributed by atoms with Crippen LogP contribution in [0.2, 0.25) is 0 Å². The van der Waals surface area contributed by atoms with E-state index in [0.29, 0.717) is 12.2 Å². The van der Waals surface area contributed by atoms with Crippen LogP contribution in [0.25, 0.3) is 0 Å². The van der Waals surface area contributed by atoms with Gasteiger partial charge in [-0.25, -0.2) is 4.98 Å². The van der Waals surface area contributed by atoms with E-state index in [0.717, 1.165) is 29.3 Å². The van der Waals surface area contributed by atoms with Gasteiger partial charge in [-0.2, -0.15) is 0 Å². The highest BCUT2D eigenvalue weighted by Gasteiger charge is 2.10. The number of hydrogen-bond acceptors (Lipinski definition) is 4. The number of hydrogen-bond donors (Lipinski definition) is 1. The van der Waals surface area contributed by atoms with Crippen LogP contribution in [0.1, 0.15) is 47.7 Å². The van der Waals surface area contributed by atoms with Crippen molar-refractivity contribution < 1.29 is 9.53 Å². The lowest BCUT2D eigenvalue weighted by molar-refractivity contribution is 0.0935. The van der Waals surface area contributed by atoms with Gasteiger partial charge in [-0.05, 0) is 44.0 Å². The fraction of sp³-hybridized carbons (Fsp3) is 0.412. The van der Waals surface area contributed by atoms with Crippen LogP contribution < -0.4 is 10.1 Å². The topological polar surface area (TPSA) is 51.2 Å². The Morgan fingerprint density at radius 3 is 2.50 bits per heavy atom. The highest BCUT2D eigenvalue weighted by atomic mass is 32.1. The lowest BCUT2D eigenvalue weighted by Crippen LogP contribution is -2.33. The summed E-state index contributed by atoms with van der Waals surface area (Å²) in [6, 6.07) is 7.46. The second-order valence-electron chi connectivity index (χ2n) is 5.16. The minimum atomic E-state index is -0.0321. The monoisotopic (exact) mass is 318 g/mol. The molecule has 0 aliphatic carbocycles. The van der Waals surface area contributed by atoms with E-state index in [1.807, 2.05) is 24.4 Å². The summed E-state index contributed by atoms with van der Waals surface area (Å²) >= 11 is 1.61. The van der Waals surface area contributed by atoms with Crippen molar-refractivity contribution in [3.63, 3.8) is 0 Å². The molecule has 0 saturated carbocycles. The second kappa shape index (κ2) is 7.94. The van der Waals surface area contributed by atoms with Gasteiger partial charge in [0, 0.05) is 17.0 Å². The number of nitrogens with one attached hydrogen (secondary N) is 1. The predicted octanol–water partition coefficient (Wildman–Crippen LogP) is 3.95. The van der Waals surface area contributed by atoms with Crippen molar-refractivity contribution in [3.8, 4) is 5.75 Å². The predicted molar refractivity (Wildman–Crippen MR) is 89.5 cm³/mol. The molecule has 0 saturated heterocycles. The third-order valence-corrected chi connectivity index (χ3v) is 4.31. The summed E-state index contributed by atoms with van der Waals surface area (Å²) in [5.41, 5.74) is 1.59. The van der Waals surface area contributed by atoms with Crippen LogP contribution in [0.4, 0.5) is 0 Å². The van der Waals surface area contributed by atoms with Gasteiger partial charge in [0.25, 0.3) is 5.91 Å². The van der Waals surface area contributed by atoms with Gasteiger partial charge in [-0.1, -0.05) is 13.8 Å². The highest BCUT2D eigenvalue weighted by molar-refractivity contribution is 7.09. The fourth-order valence-electron chi connectivity index (χ4n) is 2.10. The Labute approximate surface area is 135 Å². The van der Waals surface area contributed by atoms with E-state index in [2.05, 4.69) is 24.1 Å². The summed E-state index contributed by atoms with van der Waals surface area (Å²) in [5.74, 6) is 0.708. The molecule has 1 N–H and O–H groups in total. The molecule has 0 atom stereocenters. The number of rotatable bonds is 7. The van der Waals surface area contributed by atoms with Gasteiger partial charge in [-0.3, -0.25) is 4.79 Å². The molecule has 2 rings (SSSR count). The molecule has 0 fully saturated rings. The van der Waals surface area contributed by atoms with Gasteiger partial charge < -0.3 is 10.1 Å². The van der Waals surface area contributed by atoms with E-state index in [4.69, 9.17) is 4.74 Å². The van der Waals surface area contributed by atoms with E-state index in [9.17, 15) is 4.79 Å². The average Bonchev–Trinajstić information content (AvgIpc) is 2.96. The number of aryl methyl sites for hydroxylation is 1. The molecule has 22 heavy (non-hydrogen) atoms. The molecule has 4 nitrogen and oxygen atoms in total. The molecule has 1 aromatic carbocycles. The summed E-state index contributed by atoms with van der Waals surface area (Å²) in [6.07, 6.45) is 1.88. The normalized spacial score (nSPS) is 10.7. The first kappa shape index (κ1) is 16.5. The number of nitrogens with zero attached hydrogens (tertiary/aromatic N) is 1. The van der Waals surface area contributed by atoms with E-state index < -0.39 is 0 Å². The smallest absolute Gasteiger partial charge is 0.251 e. The molecule has 0 unspecified atom stereocenters. The Bertz CT molecular complexity index is 603. The van der Waals surface area contributed by atoms with Crippen molar-refractivity contribution in [3.05, 3.63) is 45.9 Å². The minimum absolute atomic E-state index is 0.0321. The largest absolute Gasteiger partial charge is 0.487 e. The van der Waals surface area contributed by atoms with Crippen molar-refractivity contribution in [2.75, 3.05) is 0 Å². The Morgan fingerprint density at radius 1 is 1.27 bits per heavy atom. The summed E-state index contributed by atoms with van der Waals surface area (Å²) in [6.45, 7) is 6.57. The van der Waals surface area contributed by atoms with Crippen LogP contribution in [0.3, 0.4) is 0 Å². The van der Waals surface area contributed by atoms with Gasteiger partial charge in [0.2, 0.25) is 0 Å². The Hall–Kier alpha value is -1.88. The molecule has 0 aliphatic rings. The van der Waals surface area contributed by atoms with E-state index in [1.165, 1.54) is 0 Å². The zero-order valence-corrected chi connectivity index (χ0v) is 14.1. The minimum Gasteiger partial charge on any atom is -0.487 e. The fourth-order valence-corrected chi connectivity index (χ4v) is 2.69. The van der Waals surface area contributed by atoms with Crippen LogP contribution in [0, 0.1) is 6.92 Å². The number of thiazole rings is 1. The number of ether oxygens (including phenoxy) is 1. The third-order valence-electron chi connectivity index (χ3n) is 3.49. The second-order valence-corrected chi connectivity index (χ2v) is 6.22. The molecular weight excluding hydrogens is 296 g/mol. The Kier molecular flexibility index (Phi) is 5.95. The van der Waals surface area contributed by atoms with Crippen molar-refractivity contribution in [1.82, 2.24) is 10.3 Å². The SMILES string of the molecule is CCC(CC)NC(=O)c1ccc(OCc2csc(C)n2)cc1. The molecule has 1 heterocycles. The summed E-state index contributed by atoms with van der Waals surface area (Å²) in [4.78, 5) is 16.5. The molecular formula is C17H22N2O2S. The van der Waals surface area contributed by atoms with Gasteiger partial charge in [-0.15, -0.1) is 11.3 Å². The molecule has 0 aliphatic heterocycles. The van der Waals surface area contributed by atoms with Crippen LogP contribution in [-0.4, -0.2) is 16.9 Å². The molecule has 0 radical (unpaired) electrons. The van der Waals surface area contributed by atoms with Crippen LogP contribution in [0.5, 0.6) is 5.75 Å². The average molecular weight is 318 g/mol. The maximum Gasteiger partial charge on any atom is 0.251 e. The van der Waals surface area contributed by atoms with Crippen molar-refractivity contribution in [2.24, 2.45) is 0 Å². The van der Waals surface area contributed by atoms with E-state index >= 15 is 0 Å². The first-order valence-corrected chi connectivity index (χ1v) is 8.45. The van der Waals surface area contributed by atoms with Crippen molar-refractivity contribution in [2.45, 2.75) is 46.3 Å². The molecule has 118 valence electrons. The number of amides is 1. The maximum atomic E-state index is 12.1. The van der Waals surface area contributed by atoms with Crippen LogP contribution in [-0.2, 0) is 6.61 Å². The first-order valence-electron chi connectivity index (χ1n) is 7.57. The van der Waals surface area contributed by atoms with Crippen molar-refractivity contribution >= 4 is 17.2 Å². The number of benzene rings is 1. The molecule has 1 amide bonds. The zero-order valence-electron chi connectivity index (χ0n) is 13.3. The molecule has 1 aromatic heterocycles. The Morgan fingerprint density at radius 2 is 1.95 bits per heavy atom. The van der Waals surface area contributed by atoms with Crippen LogP contribution >= 0.6 is 11.3 Å². The summed E-state index contributed by atoms with van der Waals surface area (Å²) in [7, 11) is 0.